The van der Waals surface area contributed by atoms with Crippen LogP contribution in [-0.4, -0.2) is 20.9 Å². The van der Waals surface area contributed by atoms with Crippen molar-refractivity contribution in [3.8, 4) is 22.7 Å². The SMILES string of the molecule is Cc1ccc(C(=O)Nc2cc(-c3ncco3)cc(C(F)(F)F)c2)cc1Nc1nc(-c2cccnc2)cs1. The van der Waals surface area contributed by atoms with Gasteiger partial charge in [-0.25, -0.2) is 9.97 Å². The van der Waals surface area contributed by atoms with Gasteiger partial charge < -0.3 is 15.1 Å². The number of carbonyl (C=O) groups is 1. The van der Waals surface area contributed by atoms with Crippen LogP contribution in [0.5, 0.6) is 0 Å². The van der Waals surface area contributed by atoms with Crippen molar-refractivity contribution in [2.75, 3.05) is 10.6 Å². The van der Waals surface area contributed by atoms with Crippen molar-refractivity contribution in [3.63, 3.8) is 0 Å². The summed E-state index contributed by atoms with van der Waals surface area (Å²) in [5.41, 5.74) is 2.52. The van der Waals surface area contributed by atoms with Crippen molar-refractivity contribution in [1.29, 1.82) is 0 Å². The van der Waals surface area contributed by atoms with Gasteiger partial charge in [-0.15, -0.1) is 11.3 Å². The van der Waals surface area contributed by atoms with Gasteiger partial charge in [0.15, 0.2) is 5.13 Å². The van der Waals surface area contributed by atoms with Gasteiger partial charge in [0, 0.05) is 45.8 Å². The Kier molecular flexibility index (Phi) is 6.45. The van der Waals surface area contributed by atoms with Crippen molar-refractivity contribution in [1.82, 2.24) is 15.0 Å². The number of amides is 1. The predicted molar refractivity (Wildman–Crippen MR) is 135 cm³/mol. The molecule has 1 amide bonds. The van der Waals surface area contributed by atoms with Crippen LogP contribution in [0.3, 0.4) is 0 Å². The maximum absolute atomic E-state index is 13.5. The van der Waals surface area contributed by atoms with E-state index in [0.717, 1.165) is 29.0 Å². The summed E-state index contributed by atoms with van der Waals surface area (Å²) >= 11 is 1.40. The molecule has 5 rings (SSSR count). The third-order valence-corrected chi connectivity index (χ3v) is 6.16. The summed E-state index contributed by atoms with van der Waals surface area (Å²) in [5, 5.41) is 8.28. The summed E-state index contributed by atoms with van der Waals surface area (Å²) in [6, 6.07) is 11.9. The molecule has 0 aliphatic heterocycles. The van der Waals surface area contributed by atoms with Crippen molar-refractivity contribution in [2.45, 2.75) is 13.1 Å². The van der Waals surface area contributed by atoms with Gasteiger partial charge in [0.05, 0.1) is 17.5 Å². The van der Waals surface area contributed by atoms with Gasteiger partial charge in [-0.1, -0.05) is 6.07 Å². The first kappa shape index (κ1) is 24.2. The minimum atomic E-state index is -4.62. The number of hydrogen-bond donors (Lipinski definition) is 2. The lowest BCUT2D eigenvalue weighted by molar-refractivity contribution is -0.137. The molecule has 3 aromatic heterocycles. The van der Waals surface area contributed by atoms with Gasteiger partial charge in [0.25, 0.3) is 5.91 Å². The highest BCUT2D eigenvalue weighted by Crippen LogP contribution is 2.35. The maximum atomic E-state index is 13.5. The molecule has 0 aliphatic rings. The van der Waals surface area contributed by atoms with Gasteiger partial charge in [-0.3, -0.25) is 9.78 Å². The summed E-state index contributed by atoms with van der Waals surface area (Å²) < 4.78 is 45.6. The third kappa shape index (κ3) is 5.51. The molecule has 0 fully saturated rings. The number of aryl methyl sites for hydroxylation is 1. The molecule has 7 nitrogen and oxygen atoms in total. The molecule has 11 heteroatoms. The van der Waals surface area contributed by atoms with E-state index in [9.17, 15) is 18.0 Å². The summed E-state index contributed by atoms with van der Waals surface area (Å²) in [6.45, 7) is 1.87. The highest BCUT2D eigenvalue weighted by molar-refractivity contribution is 7.14. The van der Waals surface area contributed by atoms with Crippen LogP contribution < -0.4 is 10.6 Å². The molecule has 0 spiro atoms. The second-order valence-electron chi connectivity index (χ2n) is 8.02. The molecule has 0 aliphatic carbocycles. The molecular formula is C26H18F3N5O2S. The normalized spacial score (nSPS) is 11.4. The van der Waals surface area contributed by atoms with E-state index in [-0.39, 0.29) is 22.7 Å². The number of hydrogen-bond acceptors (Lipinski definition) is 7. The van der Waals surface area contributed by atoms with Gasteiger partial charge in [0.1, 0.15) is 6.26 Å². The van der Waals surface area contributed by atoms with Crippen LogP contribution in [0.25, 0.3) is 22.7 Å². The smallest absolute Gasteiger partial charge is 0.416 e. The number of oxazole rings is 1. The molecule has 0 atom stereocenters. The summed E-state index contributed by atoms with van der Waals surface area (Å²) in [4.78, 5) is 25.6. The van der Waals surface area contributed by atoms with Crippen molar-refractivity contribution in [2.24, 2.45) is 0 Å². The van der Waals surface area contributed by atoms with Crippen molar-refractivity contribution in [3.05, 3.63) is 95.5 Å². The fraction of sp³-hybridized carbons (Fsp3) is 0.0769. The van der Waals surface area contributed by atoms with Gasteiger partial charge >= 0.3 is 6.18 Å². The minimum Gasteiger partial charge on any atom is -0.445 e. The van der Waals surface area contributed by atoms with Gasteiger partial charge in [-0.05, 0) is 55.0 Å². The number of nitrogens with one attached hydrogen (secondary N) is 2. The number of aromatic nitrogens is 3. The lowest BCUT2D eigenvalue weighted by atomic mass is 10.1. The topological polar surface area (TPSA) is 92.9 Å². The van der Waals surface area contributed by atoms with E-state index in [2.05, 4.69) is 25.6 Å². The average Bonchev–Trinajstić information content (AvgIpc) is 3.58. The molecule has 2 N–H and O–H groups in total. The number of thiazole rings is 1. The van der Waals surface area contributed by atoms with Crippen LogP contribution in [0, 0.1) is 6.92 Å². The van der Waals surface area contributed by atoms with Crippen molar-refractivity contribution < 1.29 is 22.4 Å². The Bertz CT molecular complexity index is 1550. The number of rotatable bonds is 6. The standard InChI is InChI=1S/C26H18F3N5O2S/c1-15-4-5-16(11-21(15)33-25-34-22(14-37-25)17-3-2-6-30-13-17)23(35)32-20-10-18(24-31-7-8-36-24)9-19(12-20)26(27,28)29/h2-14H,1H3,(H,32,35)(H,33,34). The molecule has 0 saturated heterocycles. The zero-order valence-corrected chi connectivity index (χ0v) is 20.0. The predicted octanol–water partition coefficient (Wildman–Crippen LogP) is 7.18. The Hall–Kier alpha value is -4.51. The summed E-state index contributed by atoms with van der Waals surface area (Å²) in [7, 11) is 0. The molecule has 2 aromatic carbocycles. The van der Waals surface area contributed by atoms with Gasteiger partial charge in [0.2, 0.25) is 5.89 Å². The number of benzene rings is 2. The fourth-order valence-corrected chi connectivity index (χ4v) is 4.28. The quantitative estimate of drug-likeness (QED) is 0.246. The monoisotopic (exact) mass is 521 g/mol. The van der Waals surface area contributed by atoms with Crippen LogP contribution in [0.15, 0.2) is 83.2 Å². The largest absolute Gasteiger partial charge is 0.445 e. The molecule has 5 aromatic rings. The van der Waals surface area contributed by atoms with E-state index in [4.69, 9.17) is 4.42 Å². The molecule has 0 radical (unpaired) electrons. The molecule has 0 saturated carbocycles. The first-order valence-electron chi connectivity index (χ1n) is 10.9. The first-order chi connectivity index (χ1) is 17.8. The summed E-state index contributed by atoms with van der Waals surface area (Å²) in [6.07, 6.45) is 1.37. The zero-order valence-electron chi connectivity index (χ0n) is 19.2. The molecule has 0 bridgehead atoms. The lowest BCUT2D eigenvalue weighted by Crippen LogP contribution is -2.14. The van der Waals surface area contributed by atoms with E-state index in [1.807, 2.05) is 24.4 Å². The highest BCUT2D eigenvalue weighted by Gasteiger charge is 2.32. The lowest BCUT2D eigenvalue weighted by Gasteiger charge is -2.13. The number of nitrogens with zero attached hydrogens (tertiary/aromatic N) is 3. The van der Waals surface area contributed by atoms with E-state index in [0.29, 0.717) is 10.8 Å². The average molecular weight is 522 g/mol. The fourth-order valence-electron chi connectivity index (χ4n) is 3.55. The van der Waals surface area contributed by atoms with E-state index in [1.165, 1.54) is 29.9 Å². The number of halogens is 3. The molecule has 0 unspecified atom stereocenters. The Morgan fingerprint density at radius 3 is 2.65 bits per heavy atom. The van der Waals surface area contributed by atoms with Crippen LogP contribution in [0.1, 0.15) is 21.5 Å². The molecule has 37 heavy (non-hydrogen) atoms. The van der Waals surface area contributed by atoms with E-state index < -0.39 is 17.6 Å². The number of alkyl halides is 3. The van der Waals surface area contributed by atoms with Crippen molar-refractivity contribution >= 4 is 33.8 Å². The Morgan fingerprint density at radius 1 is 1.05 bits per heavy atom. The highest BCUT2D eigenvalue weighted by atomic mass is 32.1. The Labute approximate surface area is 213 Å². The Morgan fingerprint density at radius 2 is 1.92 bits per heavy atom. The van der Waals surface area contributed by atoms with E-state index in [1.54, 1.807) is 30.6 Å². The van der Waals surface area contributed by atoms with Crippen LogP contribution in [-0.2, 0) is 6.18 Å². The van der Waals surface area contributed by atoms with Crippen LogP contribution >= 0.6 is 11.3 Å². The maximum Gasteiger partial charge on any atom is 0.416 e. The second kappa shape index (κ2) is 9.86. The molecule has 3 heterocycles. The Balaban J connectivity index is 1.38. The second-order valence-corrected chi connectivity index (χ2v) is 8.88. The summed E-state index contributed by atoms with van der Waals surface area (Å²) in [5.74, 6) is -0.562. The van der Waals surface area contributed by atoms with Crippen LogP contribution in [0.2, 0.25) is 0 Å². The van der Waals surface area contributed by atoms with Gasteiger partial charge in [-0.2, -0.15) is 13.2 Å². The third-order valence-electron chi connectivity index (χ3n) is 5.40. The van der Waals surface area contributed by atoms with E-state index >= 15 is 0 Å². The first-order valence-corrected chi connectivity index (χ1v) is 11.8. The van der Waals surface area contributed by atoms with Crippen LogP contribution in [0.4, 0.5) is 29.7 Å². The number of pyridine rings is 1. The number of anilines is 3. The zero-order chi connectivity index (χ0) is 26.0. The minimum absolute atomic E-state index is 0.0116. The molecule has 186 valence electrons. The number of carbonyl (C=O) groups excluding carboxylic acids is 1. The molecular weight excluding hydrogens is 503 g/mol.